The highest BCUT2D eigenvalue weighted by molar-refractivity contribution is 5.84. The molecule has 1 aromatic rings. The lowest BCUT2D eigenvalue weighted by molar-refractivity contribution is -0.134. The Morgan fingerprint density at radius 3 is 2.43 bits per heavy atom. The topological polar surface area (TPSA) is 79.0 Å². The molecule has 1 heterocycles. The number of ether oxygens (including phenoxy) is 1. The van der Waals surface area contributed by atoms with Gasteiger partial charge in [-0.25, -0.2) is 9.18 Å². The molecule has 0 radical (unpaired) electrons. The number of carbonyl (C=O) groups is 3. The zero-order valence-electron chi connectivity index (χ0n) is 16.4. The molecule has 1 aromatic carbocycles. The molecule has 1 fully saturated rings. The van der Waals surface area contributed by atoms with Gasteiger partial charge >= 0.3 is 6.09 Å². The van der Waals surface area contributed by atoms with Crippen LogP contribution in [-0.2, 0) is 20.7 Å². The van der Waals surface area contributed by atoms with E-state index in [0.717, 1.165) is 5.56 Å². The van der Waals surface area contributed by atoms with Crippen LogP contribution >= 0.6 is 0 Å². The van der Waals surface area contributed by atoms with Crippen LogP contribution in [0.4, 0.5) is 9.18 Å². The van der Waals surface area contributed by atoms with Gasteiger partial charge in [-0.1, -0.05) is 12.1 Å². The Balaban J connectivity index is 1.77. The van der Waals surface area contributed by atoms with Crippen molar-refractivity contribution < 1.29 is 23.5 Å². The number of likely N-dealkylation sites (tertiary alicyclic amines) is 1. The molecule has 0 atom stereocenters. The monoisotopic (exact) mass is 393 g/mol. The molecule has 1 saturated heterocycles. The largest absolute Gasteiger partial charge is 0.450 e. The molecule has 28 heavy (non-hydrogen) atoms. The Labute approximate surface area is 164 Å². The van der Waals surface area contributed by atoms with Gasteiger partial charge in [-0.3, -0.25) is 9.59 Å². The highest BCUT2D eigenvalue weighted by Crippen LogP contribution is 2.12. The van der Waals surface area contributed by atoms with Gasteiger partial charge in [0.05, 0.1) is 13.2 Å². The summed E-state index contributed by atoms with van der Waals surface area (Å²) in [6, 6.07) is 6.07. The number of amides is 3. The van der Waals surface area contributed by atoms with Crippen LogP contribution in [0.1, 0.15) is 32.3 Å². The van der Waals surface area contributed by atoms with E-state index in [4.69, 9.17) is 4.74 Å². The summed E-state index contributed by atoms with van der Waals surface area (Å²) < 4.78 is 18.0. The first-order valence-electron chi connectivity index (χ1n) is 9.60. The first-order chi connectivity index (χ1) is 13.4. The molecule has 1 aliphatic heterocycles. The molecule has 0 aliphatic carbocycles. The summed E-state index contributed by atoms with van der Waals surface area (Å²) in [4.78, 5) is 39.0. The van der Waals surface area contributed by atoms with Crippen LogP contribution < -0.4 is 5.32 Å². The number of rotatable bonds is 7. The van der Waals surface area contributed by atoms with Gasteiger partial charge in [-0.05, 0) is 43.9 Å². The van der Waals surface area contributed by atoms with Crippen molar-refractivity contribution in [1.29, 1.82) is 0 Å². The maximum Gasteiger partial charge on any atom is 0.409 e. The molecule has 1 aliphatic rings. The molecule has 3 amide bonds. The van der Waals surface area contributed by atoms with E-state index in [-0.39, 0.29) is 36.3 Å². The maximum absolute atomic E-state index is 13.0. The van der Waals surface area contributed by atoms with E-state index >= 15 is 0 Å². The second-order valence-corrected chi connectivity index (χ2v) is 6.84. The molecule has 0 bridgehead atoms. The van der Waals surface area contributed by atoms with Gasteiger partial charge in [-0.15, -0.1) is 0 Å². The molecule has 0 saturated carbocycles. The second kappa shape index (κ2) is 10.6. The first kappa shape index (κ1) is 21.7. The van der Waals surface area contributed by atoms with E-state index in [1.165, 1.54) is 24.0 Å². The number of piperidine rings is 1. The third-order valence-electron chi connectivity index (χ3n) is 4.75. The summed E-state index contributed by atoms with van der Waals surface area (Å²) in [6.45, 7) is 4.96. The van der Waals surface area contributed by atoms with E-state index in [1.807, 2.05) is 0 Å². The summed E-state index contributed by atoms with van der Waals surface area (Å²) in [6.07, 6.45) is 1.53. The number of hydrogen-bond donors (Lipinski definition) is 1. The maximum atomic E-state index is 13.0. The quantitative estimate of drug-likeness (QED) is 0.768. The molecule has 8 heteroatoms. The number of benzene rings is 1. The van der Waals surface area contributed by atoms with Gasteiger partial charge in [0.2, 0.25) is 11.8 Å². The Bertz CT molecular complexity index is 673. The van der Waals surface area contributed by atoms with Crippen LogP contribution in [0.5, 0.6) is 0 Å². The highest BCUT2D eigenvalue weighted by atomic mass is 19.1. The summed E-state index contributed by atoms with van der Waals surface area (Å²) in [5.74, 6) is -0.709. The molecule has 0 unspecified atom stereocenters. The standard InChI is InChI=1S/C20H28FN3O4/c1-3-28-20(27)23-12-9-18(10-13-23)22-19(26)14-24(15(2)25)11-8-16-4-6-17(21)7-5-16/h4-7,18H,3,8-14H2,1-2H3,(H,22,26). The van der Waals surface area contributed by atoms with Crippen LogP contribution in [0.15, 0.2) is 24.3 Å². The van der Waals surface area contributed by atoms with Crippen LogP contribution in [0.25, 0.3) is 0 Å². The zero-order chi connectivity index (χ0) is 20.5. The van der Waals surface area contributed by atoms with Gasteiger partial charge < -0.3 is 19.9 Å². The van der Waals surface area contributed by atoms with Crippen molar-refractivity contribution in [1.82, 2.24) is 15.1 Å². The molecule has 154 valence electrons. The average molecular weight is 393 g/mol. The average Bonchev–Trinajstić information content (AvgIpc) is 2.67. The van der Waals surface area contributed by atoms with Crippen molar-refractivity contribution in [3.63, 3.8) is 0 Å². The predicted molar refractivity (Wildman–Crippen MR) is 102 cm³/mol. The van der Waals surface area contributed by atoms with Gasteiger partial charge in [0.15, 0.2) is 0 Å². The number of nitrogens with zero attached hydrogens (tertiary/aromatic N) is 2. The lowest BCUT2D eigenvalue weighted by Gasteiger charge is -2.32. The first-order valence-corrected chi connectivity index (χ1v) is 9.60. The third-order valence-corrected chi connectivity index (χ3v) is 4.75. The van der Waals surface area contributed by atoms with Crippen LogP contribution in [0.3, 0.4) is 0 Å². The van der Waals surface area contributed by atoms with E-state index in [1.54, 1.807) is 24.0 Å². The molecular formula is C20H28FN3O4. The summed E-state index contributed by atoms with van der Waals surface area (Å²) in [7, 11) is 0. The SMILES string of the molecule is CCOC(=O)N1CCC(NC(=O)CN(CCc2ccc(F)cc2)C(C)=O)CC1. The Morgan fingerprint density at radius 2 is 1.86 bits per heavy atom. The number of carbonyl (C=O) groups excluding carboxylic acids is 3. The minimum absolute atomic E-state index is 0.0192. The van der Waals surface area contributed by atoms with Crippen molar-refractivity contribution in [2.24, 2.45) is 0 Å². The van der Waals surface area contributed by atoms with E-state index in [0.29, 0.717) is 45.5 Å². The van der Waals surface area contributed by atoms with E-state index in [2.05, 4.69) is 5.32 Å². The Kier molecular flexibility index (Phi) is 8.22. The minimum Gasteiger partial charge on any atom is -0.450 e. The van der Waals surface area contributed by atoms with Crippen LogP contribution in [0, 0.1) is 5.82 Å². The van der Waals surface area contributed by atoms with Crippen molar-refractivity contribution in [2.45, 2.75) is 39.2 Å². The number of halogens is 1. The fraction of sp³-hybridized carbons (Fsp3) is 0.550. The fourth-order valence-electron chi connectivity index (χ4n) is 3.13. The molecular weight excluding hydrogens is 365 g/mol. The predicted octanol–water partition coefficient (Wildman–Crippen LogP) is 1.95. The molecule has 1 N–H and O–H groups in total. The van der Waals surface area contributed by atoms with Gasteiger partial charge in [0, 0.05) is 32.6 Å². The van der Waals surface area contributed by atoms with Crippen LogP contribution in [-0.4, -0.2) is 66.5 Å². The number of hydrogen-bond acceptors (Lipinski definition) is 4. The smallest absolute Gasteiger partial charge is 0.409 e. The Hall–Kier alpha value is -2.64. The van der Waals surface area contributed by atoms with Gasteiger partial charge in [-0.2, -0.15) is 0 Å². The fourth-order valence-corrected chi connectivity index (χ4v) is 3.13. The molecule has 7 nitrogen and oxygen atoms in total. The lowest BCUT2D eigenvalue weighted by Crippen LogP contribution is -2.49. The Morgan fingerprint density at radius 1 is 1.21 bits per heavy atom. The third kappa shape index (κ3) is 6.83. The van der Waals surface area contributed by atoms with Crippen molar-refractivity contribution >= 4 is 17.9 Å². The minimum atomic E-state index is -0.323. The van der Waals surface area contributed by atoms with Gasteiger partial charge in [0.1, 0.15) is 5.82 Å². The van der Waals surface area contributed by atoms with Gasteiger partial charge in [0.25, 0.3) is 0 Å². The summed E-state index contributed by atoms with van der Waals surface area (Å²) >= 11 is 0. The van der Waals surface area contributed by atoms with Crippen LogP contribution in [0.2, 0.25) is 0 Å². The lowest BCUT2D eigenvalue weighted by atomic mass is 10.1. The van der Waals surface area contributed by atoms with Crippen molar-refractivity contribution in [3.8, 4) is 0 Å². The summed E-state index contributed by atoms with van der Waals surface area (Å²) in [5.41, 5.74) is 0.902. The highest BCUT2D eigenvalue weighted by Gasteiger charge is 2.25. The number of nitrogens with one attached hydrogen (secondary N) is 1. The molecule has 2 rings (SSSR count). The van der Waals surface area contributed by atoms with E-state index in [9.17, 15) is 18.8 Å². The van der Waals surface area contributed by atoms with Crippen molar-refractivity contribution in [2.75, 3.05) is 32.8 Å². The normalized spacial score (nSPS) is 14.5. The summed E-state index contributed by atoms with van der Waals surface area (Å²) in [5, 5.41) is 2.94. The molecule has 0 spiro atoms. The van der Waals surface area contributed by atoms with E-state index < -0.39 is 0 Å². The molecule has 0 aromatic heterocycles. The van der Waals surface area contributed by atoms with Crippen molar-refractivity contribution in [3.05, 3.63) is 35.6 Å². The second-order valence-electron chi connectivity index (χ2n) is 6.84. The zero-order valence-corrected chi connectivity index (χ0v) is 16.4.